The third-order valence-corrected chi connectivity index (χ3v) is 5.60. The van der Waals surface area contributed by atoms with Gasteiger partial charge in [0.1, 0.15) is 0 Å². The normalized spacial score (nSPS) is 11.3. The van der Waals surface area contributed by atoms with Crippen molar-refractivity contribution in [2.45, 2.75) is 6.92 Å². The second-order valence-corrected chi connectivity index (χ2v) is 6.94. The Morgan fingerprint density at radius 2 is 1.32 bits per heavy atom. The molecule has 0 nitrogen and oxygen atoms in total. The van der Waals surface area contributed by atoms with Crippen LogP contribution in [0.4, 0.5) is 0 Å². The van der Waals surface area contributed by atoms with Crippen molar-refractivity contribution in [1.82, 2.24) is 0 Å². The van der Waals surface area contributed by atoms with Crippen molar-refractivity contribution in [1.29, 1.82) is 0 Å². The number of hydrogen-bond donors (Lipinski definition) is 0. The van der Waals surface area contributed by atoms with Crippen LogP contribution in [0, 0.1) is 6.92 Å². The van der Waals surface area contributed by atoms with Gasteiger partial charge in [0.05, 0.1) is 0 Å². The zero-order valence-corrected chi connectivity index (χ0v) is 13.5. The molecule has 4 aromatic rings. The van der Waals surface area contributed by atoms with Crippen molar-refractivity contribution >= 4 is 18.7 Å². The lowest BCUT2D eigenvalue weighted by Gasteiger charge is -2.07. The highest BCUT2D eigenvalue weighted by Crippen LogP contribution is 2.47. The lowest BCUT2D eigenvalue weighted by molar-refractivity contribution is 1.47. The van der Waals surface area contributed by atoms with Crippen LogP contribution in [0.5, 0.6) is 0 Å². The molecule has 1 aromatic heterocycles. The third-order valence-electron chi connectivity index (χ3n) is 4.11. The summed E-state index contributed by atoms with van der Waals surface area (Å²) in [7, 11) is 0.731. The van der Waals surface area contributed by atoms with E-state index in [9.17, 15) is 0 Å². The first kappa shape index (κ1) is 13.4. The van der Waals surface area contributed by atoms with Gasteiger partial charge in [-0.2, -0.15) is 0 Å². The molecule has 1 heteroatoms. The molecule has 0 N–H and O–H groups in total. The highest BCUT2D eigenvalue weighted by molar-refractivity contribution is 7.41. The molecule has 1 unspecified atom stereocenters. The van der Waals surface area contributed by atoms with Crippen LogP contribution in [0.3, 0.4) is 0 Å². The van der Waals surface area contributed by atoms with Crippen LogP contribution in [0.15, 0.2) is 78.9 Å². The van der Waals surface area contributed by atoms with Gasteiger partial charge in [0.2, 0.25) is 0 Å². The smallest absolute Gasteiger partial charge is 0.00723 e. The first-order chi connectivity index (χ1) is 10.8. The highest BCUT2D eigenvalue weighted by atomic mass is 31.0. The van der Waals surface area contributed by atoms with Crippen molar-refractivity contribution in [3.05, 3.63) is 84.4 Å². The molecule has 0 bridgehead atoms. The minimum atomic E-state index is 0.731. The summed E-state index contributed by atoms with van der Waals surface area (Å²) in [5, 5.41) is 4.31. The number of hydrogen-bond acceptors (Lipinski definition) is 0. The predicted octanol–water partition coefficient (Wildman–Crippen LogP) is 6.51. The molecule has 0 saturated heterocycles. The van der Waals surface area contributed by atoms with E-state index in [2.05, 4.69) is 85.8 Å². The maximum atomic E-state index is 2.26. The molecule has 0 spiro atoms. The molecule has 0 aliphatic carbocycles. The van der Waals surface area contributed by atoms with Gasteiger partial charge in [-0.05, 0) is 28.6 Å². The van der Waals surface area contributed by atoms with Crippen LogP contribution in [-0.4, -0.2) is 0 Å². The van der Waals surface area contributed by atoms with Gasteiger partial charge in [0, 0.05) is 10.9 Å². The monoisotopic (exact) mass is 300 g/mol. The van der Waals surface area contributed by atoms with E-state index < -0.39 is 0 Å². The van der Waals surface area contributed by atoms with E-state index in [1.54, 1.807) is 0 Å². The van der Waals surface area contributed by atoms with Gasteiger partial charge in [-0.15, -0.1) is 8.19 Å². The zero-order chi connectivity index (χ0) is 14.9. The lowest BCUT2D eigenvalue weighted by Crippen LogP contribution is -1.81. The fourth-order valence-corrected chi connectivity index (χ4v) is 4.49. The van der Waals surface area contributed by atoms with Gasteiger partial charge < -0.3 is 0 Å². The Hall–Kier alpha value is -2.30. The Balaban J connectivity index is 2.04. The summed E-state index contributed by atoms with van der Waals surface area (Å²) in [5.74, 6) is 0. The molecule has 0 fully saturated rings. The van der Waals surface area contributed by atoms with Crippen LogP contribution in [0.2, 0.25) is 0 Å². The summed E-state index contributed by atoms with van der Waals surface area (Å²) in [6, 6.07) is 28.5. The minimum absolute atomic E-state index is 0.731. The maximum Gasteiger partial charge on any atom is 0.00723 e. The van der Waals surface area contributed by atoms with E-state index in [1.165, 1.54) is 38.1 Å². The van der Waals surface area contributed by atoms with Gasteiger partial charge in [-0.25, -0.2) is 0 Å². The first-order valence-corrected chi connectivity index (χ1v) is 8.56. The van der Waals surface area contributed by atoms with E-state index >= 15 is 0 Å². The van der Waals surface area contributed by atoms with Crippen LogP contribution >= 0.6 is 8.19 Å². The average Bonchev–Trinajstić information content (AvgIpc) is 2.96. The van der Waals surface area contributed by atoms with Gasteiger partial charge >= 0.3 is 0 Å². The summed E-state index contributed by atoms with van der Waals surface area (Å²) in [6.45, 7) is 2.14. The summed E-state index contributed by atoms with van der Waals surface area (Å²) in [4.78, 5) is 0. The maximum absolute atomic E-state index is 2.26. The average molecular weight is 300 g/mol. The molecule has 0 aliphatic rings. The second kappa shape index (κ2) is 5.48. The van der Waals surface area contributed by atoms with E-state index in [0.29, 0.717) is 0 Å². The van der Waals surface area contributed by atoms with Crippen LogP contribution < -0.4 is 0 Å². The van der Waals surface area contributed by atoms with E-state index in [1.807, 2.05) is 0 Å². The van der Waals surface area contributed by atoms with E-state index in [-0.39, 0.29) is 0 Å². The summed E-state index contributed by atoms with van der Waals surface area (Å²) >= 11 is 0. The fraction of sp³-hybridized carbons (Fsp3) is 0.0476. The topological polar surface area (TPSA) is 0 Å². The quantitative estimate of drug-likeness (QED) is 0.395. The van der Waals surface area contributed by atoms with E-state index in [4.69, 9.17) is 0 Å². The first-order valence-electron chi connectivity index (χ1n) is 7.56. The van der Waals surface area contributed by atoms with Crippen molar-refractivity contribution < 1.29 is 0 Å². The Labute approximate surface area is 132 Å². The SMILES string of the molecule is Cc1ccc(-c2c(-c3ccccc3)[pH]c3ccccc23)cc1. The molecule has 4 rings (SSSR count). The minimum Gasteiger partial charge on any atom is -0.123 e. The summed E-state index contributed by atoms with van der Waals surface area (Å²) in [5.41, 5.74) is 5.37. The number of benzene rings is 3. The van der Waals surface area contributed by atoms with Crippen LogP contribution in [0.25, 0.3) is 32.5 Å². The molecule has 0 radical (unpaired) electrons. The molecular weight excluding hydrogens is 283 g/mol. The Morgan fingerprint density at radius 1 is 0.636 bits per heavy atom. The largest absolute Gasteiger partial charge is 0.123 e. The van der Waals surface area contributed by atoms with Gasteiger partial charge in [-0.3, -0.25) is 0 Å². The van der Waals surface area contributed by atoms with Crippen molar-refractivity contribution in [2.24, 2.45) is 0 Å². The van der Waals surface area contributed by atoms with Gasteiger partial charge in [-0.1, -0.05) is 84.4 Å². The Morgan fingerprint density at radius 3 is 2.09 bits per heavy atom. The van der Waals surface area contributed by atoms with Gasteiger partial charge in [0.25, 0.3) is 0 Å². The van der Waals surface area contributed by atoms with Crippen molar-refractivity contribution in [3.63, 3.8) is 0 Å². The Bertz CT molecular complexity index is 915. The lowest BCUT2D eigenvalue weighted by atomic mass is 9.98. The molecule has 1 atom stereocenters. The molecule has 1 heterocycles. The van der Waals surface area contributed by atoms with Crippen LogP contribution in [0.1, 0.15) is 5.56 Å². The fourth-order valence-electron chi connectivity index (χ4n) is 2.98. The standard InChI is InChI=1S/C21H17P/c1-15-11-13-16(14-12-15)20-18-9-5-6-10-19(18)22-21(20)17-7-3-2-4-8-17/h2-14,22H,1H3. The molecule has 22 heavy (non-hydrogen) atoms. The summed E-state index contributed by atoms with van der Waals surface area (Å²) < 4.78 is 0. The molecule has 106 valence electrons. The number of rotatable bonds is 2. The third kappa shape index (κ3) is 2.26. The van der Waals surface area contributed by atoms with E-state index in [0.717, 1.165) is 8.19 Å². The molecule has 3 aromatic carbocycles. The summed E-state index contributed by atoms with van der Waals surface area (Å²) in [6.07, 6.45) is 0. The Kier molecular flexibility index (Phi) is 3.33. The van der Waals surface area contributed by atoms with Crippen molar-refractivity contribution in [2.75, 3.05) is 0 Å². The zero-order valence-electron chi connectivity index (χ0n) is 12.5. The van der Waals surface area contributed by atoms with Crippen LogP contribution in [-0.2, 0) is 0 Å². The number of aryl methyl sites for hydroxylation is 1. The molecule has 0 aliphatic heterocycles. The molecule has 0 amide bonds. The van der Waals surface area contributed by atoms with Gasteiger partial charge in [0.15, 0.2) is 0 Å². The highest BCUT2D eigenvalue weighted by Gasteiger charge is 2.13. The second-order valence-electron chi connectivity index (χ2n) is 5.65. The molecule has 0 saturated carbocycles. The molecular formula is C21H17P. The van der Waals surface area contributed by atoms with Crippen molar-refractivity contribution in [3.8, 4) is 22.0 Å². The predicted molar refractivity (Wildman–Crippen MR) is 99.1 cm³/mol. The number of fused-ring (bicyclic) bond motifs is 1.